The van der Waals surface area contributed by atoms with Crippen LogP contribution in [-0.2, 0) is 0 Å². The molecule has 1 unspecified atom stereocenters. The maximum absolute atomic E-state index is 13.1. The second-order valence-electron chi connectivity index (χ2n) is 3.64. The third-order valence-corrected chi connectivity index (χ3v) is 2.99. The van der Waals surface area contributed by atoms with Crippen molar-refractivity contribution in [3.05, 3.63) is 35.4 Å². The number of benzene rings is 1. The van der Waals surface area contributed by atoms with Crippen molar-refractivity contribution >= 4 is 11.8 Å². The summed E-state index contributed by atoms with van der Waals surface area (Å²) in [5.74, 6) is -0.713. The summed E-state index contributed by atoms with van der Waals surface area (Å²) in [6.45, 7) is 2.96. The Balaban J connectivity index is 2.78. The lowest BCUT2D eigenvalue weighted by molar-refractivity contribution is 0.501. The first-order chi connectivity index (χ1) is 7.69. The highest BCUT2D eigenvalue weighted by molar-refractivity contribution is 7.98. The lowest BCUT2D eigenvalue weighted by Crippen LogP contribution is -2.24. The van der Waals surface area contributed by atoms with E-state index in [1.54, 1.807) is 17.8 Å². The Morgan fingerprint density at radius 3 is 2.62 bits per heavy atom. The molecule has 0 aliphatic carbocycles. The molecule has 1 rings (SSSR count). The van der Waals surface area contributed by atoms with Crippen molar-refractivity contribution in [2.45, 2.75) is 19.4 Å². The second-order valence-corrected chi connectivity index (χ2v) is 4.55. The van der Waals surface area contributed by atoms with Crippen LogP contribution < -0.4 is 5.32 Å². The Labute approximate surface area is 99.6 Å². The lowest BCUT2D eigenvalue weighted by Gasteiger charge is -2.18. The van der Waals surface area contributed by atoms with Gasteiger partial charge in [-0.1, -0.05) is 13.0 Å². The largest absolute Gasteiger partial charge is 0.309 e. The maximum atomic E-state index is 13.1. The maximum Gasteiger partial charge on any atom is 0.159 e. The van der Waals surface area contributed by atoms with E-state index in [0.29, 0.717) is 0 Å². The highest BCUT2D eigenvalue weighted by Gasteiger charge is 2.12. The van der Waals surface area contributed by atoms with E-state index in [1.165, 1.54) is 12.1 Å². The van der Waals surface area contributed by atoms with Gasteiger partial charge in [-0.2, -0.15) is 11.8 Å². The molecule has 16 heavy (non-hydrogen) atoms. The van der Waals surface area contributed by atoms with Gasteiger partial charge in [-0.05, 0) is 36.9 Å². The number of hydrogen-bond acceptors (Lipinski definition) is 2. The van der Waals surface area contributed by atoms with Gasteiger partial charge < -0.3 is 5.32 Å². The zero-order valence-corrected chi connectivity index (χ0v) is 10.4. The normalized spacial score (nSPS) is 12.8. The Morgan fingerprint density at radius 1 is 1.31 bits per heavy atom. The molecule has 0 heterocycles. The fourth-order valence-corrected chi connectivity index (χ4v) is 2.13. The van der Waals surface area contributed by atoms with Crippen molar-refractivity contribution in [3.63, 3.8) is 0 Å². The van der Waals surface area contributed by atoms with Gasteiger partial charge in [0.2, 0.25) is 0 Å². The molecule has 0 spiro atoms. The third-order valence-electron chi connectivity index (χ3n) is 2.32. The van der Waals surface area contributed by atoms with E-state index in [9.17, 15) is 8.78 Å². The minimum absolute atomic E-state index is 0.0880. The van der Waals surface area contributed by atoms with Gasteiger partial charge in [0.25, 0.3) is 0 Å². The minimum Gasteiger partial charge on any atom is -0.309 e. The molecule has 4 heteroatoms. The molecule has 0 bridgehead atoms. The van der Waals surface area contributed by atoms with E-state index >= 15 is 0 Å². The average molecular weight is 245 g/mol. The van der Waals surface area contributed by atoms with Crippen LogP contribution >= 0.6 is 11.8 Å². The van der Waals surface area contributed by atoms with E-state index in [2.05, 4.69) is 12.2 Å². The molecular formula is C12H17F2NS. The van der Waals surface area contributed by atoms with Gasteiger partial charge in [0.1, 0.15) is 0 Å². The van der Waals surface area contributed by atoms with Crippen LogP contribution in [0.1, 0.15) is 24.9 Å². The SMILES string of the molecule is CCCNC(CSC)c1ccc(F)c(F)c1. The minimum atomic E-state index is -0.790. The van der Waals surface area contributed by atoms with Crippen molar-refractivity contribution in [3.8, 4) is 0 Å². The number of thioether (sulfide) groups is 1. The monoisotopic (exact) mass is 245 g/mol. The molecule has 0 aliphatic heterocycles. The lowest BCUT2D eigenvalue weighted by atomic mass is 10.1. The molecule has 1 atom stereocenters. The Morgan fingerprint density at radius 2 is 2.06 bits per heavy atom. The summed E-state index contributed by atoms with van der Waals surface area (Å²) in [6, 6.07) is 4.19. The molecule has 1 nitrogen and oxygen atoms in total. The van der Waals surface area contributed by atoms with Crippen LogP contribution in [0, 0.1) is 11.6 Å². The quantitative estimate of drug-likeness (QED) is 0.824. The Kier molecular flexibility index (Phi) is 5.77. The molecule has 1 aromatic rings. The molecule has 0 aromatic heterocycles. The van der Waals surface area contributed by atoms with Crippen LogP contribution in [0.4, 0.5) is 8.78 Å². The van der Waals surface area contributed by atoms with Crippen LogP contribution in [0.2, 0.25) is 0 Å². The van der Waals surface area contributed by atoms with Crippen molar-refractivity contribution in [1.29, 1.82) is 0 Å². The molecule has 0 amide bonds. The van der Waals surface area contributed by atoms with Gasteiger partial charge in [-0.15, -0.1) is 0 Å². The predicted octanol–water partition coefficient (Wildman–Crippen LogP) is 3.37. The zero-order valence-electron chi connectivity index (χ0n) is 9.59. The summed E-state index contributed by atoms with van der Waals surface area (Å²) in [4.78, 5) is 0. The molecule has 1 N–H and O–H groups in total. The summed E-state index contributed by atoms with van der Waals surface area (Å²) in [5.41, 5.74) is 0.807. The van der Waals surface area contributed by atoms with Crippen molar-refractivity contribution in [1.82, 2.24) is 5.32 Å². The molecule has 1 aromatic carbocycles. The summed E-state index contributed by atoms with van der Waals surface area (Å²) >= 11 is 1.69. The highest BCUT2D eigenvalue weighted by Crippen LogP contribution is 2.19. The van der Waals surface area contributed by atoms with Gasteiger partial charge >= 0.3 is 0 Å². The van der Waals surface area contributed by atoms with Gasteiger partial charge in [0.05, 0.1) is 0 Å². The topological polar surface area (TPSA) is 12.0 Å². The van der Waals surface area contributed by atoms with Crippen LogP contribution in [0.25, 0.3) is 0 Å². The molecule has 0 fully saturated rings. The van der Waals surface area contributed by atoms with Crippen LogP contribution in [0.3, 0.4) is 0 Å². The second kappa shape index (κ2) is 6.86. The van der Waals surface area contributed by atoms with Crippen LogP contribution in [0.5, 0.6) is 0 Å². The van der Waals surface area contributed by atoms with Gasteiger partial charge in [-0.25, -0.2) is 8.78 Å². The third kappa shape index (κ3) is 3.76. The number of rotatable bonds is 6. The molecule has 90 valence electrons. The summed E-state index contributed by atoms with van der Waals surface area (Å²) in [5, 5.41) is 3.32. The van der Waals surface area contributed by atoms with E-state index < -0.39 is 11.6 Å². The fourth-order valence-electron chi connectivity index (χ4n) is 1.49. The first kappa shape index (κ1) is 13.5. The van der Waals surface area contributed by atoms with Gasteiger partial charge in [0.15, 0.2) is 11.6 Å². The predicted molar refractivity (Wildman–Crippen MR) is 65.8 cm³/mol. The van der Waals surface area contributed by atoms with Crippen molar-refractivity contribution in [2.75, 3.05) is 18.6 Å². The number of nitrogens with one attached hydrogen (secondary N) is 1. The van der Waals surface area contributed by atoms with E-state index in [0.717, 1.165) is 24.3 Å². The van der Waals surface area contributed by atoms with E-state index in [4.69, 9.17) is 0 Å². The van der Waals surface area contributed by atoms with Crippen molar-refractivity contribution in [2.24, 2.45) is 0 Å². The van der Waals surface area contributed by atoms with Crippen LogP contribution in [-0.4, -0.2) is 18.6 Å². The summed E-state index contributed by atoms with van der Waals surface area (Å²) in [7, 11) is 0. The number of hydrogen-bond donors (Lipinski definition) is 1. The molecule has 0 saturated carbocycles. The fraction of sp³-hybridized carbons (Fsp3) is 0.500. The summed E-state index contributed by atoms with van der Waals surface area (Å²) in [6.07, 6.45) is 3.02. The molecule has 0 aliphatic rings. The number of halogens is 2. The first-order valence-electron chi connectivity index (χ1n) is 5.36. The summed E-state index contributed by atoms with van der Waals surface area (Å²) < 4.78 is 25.9. The molecular weight excluding hydrogens is 228 g/mol. The van der Waals surface area contributed by atoms with Gasteiger partial charge in [0, 0.05) is 11.8 Å². The molecule has 0 radical (unpaired) electrons. The van der Waals surface area contributed by atoms with Crippen LogP contribution in [0.15, 0.2) is 18.2 Å². The van der Waals surface area contributed by atoms with E-state index in [-0.39, 0.29) is 6.04 Å². The Bertz CT molecular complexity index is 331. The molecule has 0 saturated heterocycles. The Hall–Kier alpha value is -0.610. The average Bonchev–Trinajstić information content (AvgIpc) is 2.28. The van der Waals surface area contributed by atoms with Crippen molar-refractivity contribution < 1.29 is 8.78 Å². The van der Waals surface area contributed by atoms with Gasteiger partial charge in [-0.3, -0.25) is 0 Å². The highest BCUT2D eigenvalue weighted by atomic mass is 32.2. The standard InChI is InChI=1S/C12H17F2NS/c1-3-6-15-12(8-16-2)9-4-5-10(13)11(14)7-9/h4-5,7,12,15H,3,6,8H2,1-2H3. The smallest absolute Gasteiger partial charge is 0.159 e. The first-order valence-corrected chi connectivity index (χ1v) is 6.75. The van der Waals surface area contributed by atoms with E-state index in [1.807, 2.05) is 6.26 Å². The zero-order chi connectivity index (χ0) is 12.0.